The molecule has 0 radical (unpaired) electrons. The fraction of sp³-hybridized carbons (Fsp3) is 0.381. The summed E-state index contributed by atoms with van der Waals surface area (Å²) in [6.45, 7) is 3.67. The Bertz CT molecular complexity index is 1010. The molecule has 0 unspecified atom stereocenters. The molecule has 3 atom stereocenters. The molecule has 1 aromatic heterocycles. The Morgan fingerprint density at radius 2 is 1.97 bits per heavy atom. The molecule has 29 heavy (non-hydrogen) atoms. The zero-order chi connectivity index (χ0) is 20.7. The molecule has 2 aromatic rings. The maximum absolute atomic E-state index is 12.6. The van der Waals surface area contributed by atoms with E-state index in [1.165, 1.54) is 12.4 Å². The van der Waals surface area contributed by atoms with E-state index in [2.05, 4.69) is 22.2 Å². The van der Waals surface area contributed by atoms with Crippen LogP contribution < -0.4 is 16.0 Å². The quantitative estimate of drug-likeness (QED) is 0.826. The normalized spacial score (nSPS) is 23.1. The van der Waals surface area contributed by atoms with Crippen molar-refractivity contribution < 1.29 is 9.59 Å². The van der Waals surface area contributed by atoms with E-state index in [-0.39, 0.29) is 23.9 Å². The van der Waals surface area contributed by atoms with Gasteiger partial charge in [0.25, 0.3) is 0 Å². The van der Waals surface area contributed by atoms with Crippen LogP contribution in [0.3, 0.4) is 0 Å². The Balaban J connectivity index is 1.80. The summed E-state index contributed by atoms with van der Waals surface area (Å²) in [5, 5.41) is 12.3. The molecule has 8 heteroatoms. The first-order chi connectivity index (χ1) is 13.9. The molecule has 1 aliphatic carbocycles. The van der Waals surface area contributed by atoms with Gasteiger partial charge in [-0.2, -0.15) is 5.26 Å². The lowest BCUT2D eigenvalue weighted by atomic mass is 9.79. The molecule has 0 bridgehead atoms. The van der Waals surface area contributed by atoms with E-state index in [0.29, 0.717) is 23.0 Å². The van der Waals surface area contributed by atoms with Crippen LogP contribution in [-0.2, 0) is 4.79 Å². The van der Waals surface area contributed by atoms with Crippen molar-refractivity contribution in [1.29, 1.82) is 5.26 Å². The number of primary amides is 1. The monoisotopic (exact) mass is 390 g/mol. The minimum absolute atomic E-state index is 0.0186. The fourth-order valence-corrected chi connectivity index (χ4v) is 4.32. The first-order valence-electron chi connectivity index (χ1n) is 9.63. The number of anilines is 2. The number of rotatable bonds is 4. The van der Waals surface area contributed by atoms with Crippen LogP contribution in [0, 0.1) is 23.2 Å². The van der Waals surface area contributed by atoms with Crippen molar-refractivity contribution in [3.05, 3.63) is 47.3 Å². The van der Waals surface area contributed by atoms with Crippen LogP contribution in [0.2, 0.25) is 0 Å². The number of aromatic nitrogens is 2. The molecule has 1 aromatic carbocycles. The number of hydrogen-bond donors (Lipinski definition) is 2. The SMILES string of the molecule is CC(=O)N1c2ccc(C(N)=O)cc2[C@H](Nc2ncc(C#N)cn2)[C@@H](C)[C@@H]1C1CC1. The summed E-state index contributed by atoms with van der Waals surface area (Å²) in [5.74, 6) is 0.356. The number of nitrogens with zero attached hydrogens (tertiary/aromatic N) is 4. The van der Waals surface area contributed by atoms with Gasteiger partial charge in [0, 0.05) is 30.1 Å². The van der Waals surface area contributed by atoms with Crippen molar-refractivity contribution in [3.63, 3.8) is 0 Å². The topological polar surface area (TPSA) is 125 Å². The summed E-state index contributed by atoms with van der Waals surface area (Å²) in [4.78, 5) is 34.7. The maximum atomic E-state index is 12.6. The first-order valence-corrected chi connectivity index (χ1v) is 9.63. The van der Waals surface area contributed by atoms with Gasteiger partial charge < -0.3 is 16.0 Å². The molecule has 1 fully saturated rings. The molecule has 2 amide bonds. The molecule has 4 rings (SSSR count). The number of nitriles is 1. The highest BCUT2D eigenvalue weighted by molar-refractivity contribution is 5.97. The summed E-state index contributed by atoms with van der Waals surface area (Å²) < 4.78 is 0. The summed E-state index contributed by atoms with van der Waals surface area (Å²) >= 11 is 0. The number of fused-ring (bicyclic) bond motifs is 1. The van der Waals surface area contributed by atoms with Gasteiger partial charge in [0.2, 0.25) is 17.8 Å². The summed E-state index contributed by atoms with van der Waals surface area (Å²) in [5.41, 5.74) is 7.85. The van der Waals surface area contributed by atoms with Crippen molar-refractivity contribution >= 4 is 23.5 Å². The van der Waals surface area contributed by atoms with Crippen LogP contribution >= 0.6 is 0 Å². The third-order valence-electron chi connectivity index (χ3n) is 5.78. The zero-order valence-electron chi connectivity index (χ0n) is 16.3. The van der Waals surface area contributed by atoms with Gasteiger partial charge in [-0.05, 0) is 42.5 Å². The molecule has 8 nitrogen and oxygen atoms in total. The van der Waals surface area contributed by atoms with E-state index < -0.39 is 5.91 Å². The van der Waals surface area contributed by atoms with E-state index in [1.54, 1.807) is 25.1 Å². The molecule has 1 aliphatic heterocycles. The van der Waals surface area contributed by atoms with E-state index >= 15 is 0 Å². The second-order valence-electron chi connectivity index (χ2n) is 7.74. The van der Waals surface area contributed by atoms with Gasteiger partial charge in [0.15, 0.2) is 0 Å². The van der Waals surface area contributed by atoms with E-state index in [0.717, 1.165) is 24.1 Å². The predicted octanol–water partition coefficient (Wildman–Crippen LogP) is 2.38. The lowest BCUT2D eigenvalue weighted by Gasteiger charge is -2.45. The number of benzene rings is 1. The van der Waals surface area contributed by atoms with Crippen molar-refractivity contribution in [2.24, 2.45) is 17.6 Å². The fourth-order valence-electron chi connectivity index (χ4n) is 4.32. The Labute approximate surface area is 168 Å². The zero-order valence-corrected chi connectivity index (χ0v) is 16.3. The lowest BCUT2D eigenvalue weighted by molar-refractivity contribution is -0.117. The highest BCUT2D eigenvalue weighted by Gasteiger charge is 2.47. The molecule has 3 N–H and O–H groups in total. The van der Waals surface area contributed by atoms with Crippen LogP contribution in [0.4, 0.5) is 11.6 Å². The molecule has 0 saturated heterocycles. The standard InChI is InChI=1S/C21H22N6O2/c1-11-18(26-21-24-9-13(8-22)10-25-21)16-7-15(20(23)29)5-6-17(16)27(12(2)28)19(11)14-3-4-14/h5-7,9-11,14,18-19H,3-4H2,1-2H3,(H2,23,29)(H,24,25,26)/t11-,18-,19-/m1/s1. The third-order valence-corrected chi connectivity index (χ3v) is 5.78. The second kappa shape index (κ2) is 7.17. The Kier molecular flexibility index (Phi) is 4.66. The number of nitrogens with one attached hydrogen (secondary N) is 1. The number of hydrogen-bond acceptors (Lipinski definition) is 6. The van der Waals surface area contributed by atoms with Crippen LogP contribution in [0.15, 0.2) is 30.6 Å². The van der Waals surface area contributed by atoms with Gasteiger partial charge >= 0.3 is 0 Å². The Morgan fingerprint density at radius 1 is 1.28 bits per heavy atom. The van der Waals surface area contributed by atoms with Crippen molar-refractivity contribution in [1.82, 2.24) is 9.97 Å². The lowest BCUT2D eigenvalue weighted by Crippen LogP contribution is -2.51. The van der Waals surface area contributed by atoms with Crippen molar-refractivity contribution in [2.75, 3.05) is 10.2 Å². The molecular weight excluding hydrogens is 368 g/mol. The van der Waals surface area contributed by atoms with Gasteiger partial charge in [-0.3, -0.25) is 9.59 Å². The van der Waals surface area contributed by atoms with Crippen LogP contribution in [0.1, 0.15) is 54.2 Å². The second-order valence-corrected chi connectivity index (χ2v) is 7.74. The maximum Gasteiger partial charge on any atom is 0.248 e. The van der Waals surface area contributed by atoms with E-state index in [1.807, 2.05) is 11.0 Å². The molecule has 2 aliphatic rings. The van der Waals surface area contributed by atoms with Crippen LogP contribution in [-0.4, -0.2) is 27.8 Å². The van der Waals surface area contributed by atoms with Gasteiger partial charge in [-0.25, -0.2) is 9.97 Å². The summed E-state index contributed by atoms with van der Waals surface area (Å²) in [6.07, 6.45) is 5.11. The highest BCUT2D eigenvalue weighted by atomic mass is 16.2. The first kappa shape index (κ1) is 18.9. The number of carbonyl (C=O) groups is 2. The van der Waals surface area contributed by atoms with Gasteiger partial charge in [-0.15, -0.1) is 0 Å². The van der Waals surface area contributed by atoms with Gasteiger partial charge in [0.1, 0.15) is 6.07 Å². The highest BCUT2D eigenvalue weighted by Crippen LogP contribution is 2.50. The van der Waals surface area contributed by atoms with Gasteiger partial charge in [0.05, 0.1) is 24.0 Å². The number of nitrogens with two attached hydrogens (primary N) is 1. The number of amides is 2. The number of carbonyl (C=O) groups excluding carboxylic acids is 2. The third kappa shape index (κ3) is 3.40. The van der Waals surface area contributed by atoms with Crippen LogP contribution in [0.5, 0.6) is 0 Å². The largest absolute Gasteiger partial charge is 0.366 e. The van der Waals surface area contributed by atoms with E-state index in [9.17, 15) is 9.59 Å². The molecule has 0 spiro atoms. The minimum atomic E-state index is -0.521. The smallest absolute Gasteiger partial charge is 0.248 e. The average molecular weight is 390 g/mol. The van der Waals surface area contributed by atoms with E-state index in [4.69, 9.17) is 11.0 Å². The Morgan fingerprint density at radius 3 is 2.52 bits per heavy atom. The molecule has 1 saturated carbocycles. The molecular formula is C21H22N6O2. The van der Waals surface area contributed by atoms with Crippen molar-refractivity contribution in [2.45, 2.75) is 38.8 Å². The summed E-state index contributed by atoms with van der Waals surface area (Å²) in [7, 11) is 0. The van der Waals surface area contributed by atoms with Gasteiger partial charge in [-0.1, -0.05) is 6.92 Å². The minimum Gasteiger partial charge on any atom is -0.366 e. The summed E-state index contributed by atoms with van der Waals surface area (Å²) in [6, 6.07) is 7.05. The average Bonchev–Trinajstić information content (AvgIpc) is 3.54. The van der Waals surface area contributed by atoms with Crippen LogP contribution in [0.25, 0.3) is 0 Å². The molecule has 148 valence electrons. The molecule has 2 heterocycles. The Hall–Kier alpha value is -3.47. The predicted molar refractivity (Wildman–Crippen MR) is 107 cm³/mol. The van der Waals surface area contributed by atoms with Crippen molar-refractivity contribution in [3.8, 4) is 6.07 Å².